The third-order valence-corrected chi connectivity index (χ3v) is 5.16. The molecule has 0 aliphatic heterocycles. The number of aryl methyl sites for hydroxylation is 1. The van der Waals surface area contributed by atoms with Crippen molar-refractivity contribution in [2.24, 2.45) is 11.8 Å². The lowest BCUT2D eigenvalue weighted by Crippen LogP contribution is -2.48. The monoisotopic (exact) mass is 396 g/mol. The lowest BCUT2D eigenvalue weighted by atomic mass is 9.98. The Morgan fingerprint density at radius 1 is 1.38 bits per heavy atom. The van der Waals surface area contributed by atoms with Crippen molar-refractivity contribution in [1.82, 2.24) is 9.88 Å². The van der Waals surface area contributed by atoms with E-state index in [1.165, 1.54) is 6.08 Å². The molecule has 1 atom stereocenters. The molecule has 1 saturated carbocycles. The third kappa shape index (κ3) is 5.48. The predicted octanol–water partition coefficient (Wildman–Crippen LogP) is 3.02. The number of esters is 1. The van der Waals surface area contributed by atoms with Gasteiger partial charge in [0.05, 0.1) is 6.07 Å². The second kappa shape index (κ2) is 8.96. The first kappa shape index (κ1) is 22.2. The zero-order chi connectivity index (χ0) is 21.8. The molecule has 1 heterocycles. The zero-order valence-electron chi connectivity index (χ0n) is 17.7. The van der Waals surface area contributed by atoms with Crippen LogP contribution in [0.3, 0.4) is 0 Å². The summed E-state index contributed by atoms with van der Waals surface area (Å²) in [5.74, 6) is -0.823. The Morgan fingerprint density at radius 3 is 2.55 bits per heavy atom. The van der Waals surface area contributed by atoms with Gasteiger partial charge in [-0.05, 0) is 63.2 Å². The molecule has 1 aliphatic carbocycles. The van der Waals surface area contributed by atoms with Crippen molar-refractivity contribution in [2.75, 3.05) is 6.61 Å². The van der Waals surface area contributed by atoms with Gasteiger partial charge in [-0.25, -0.2) is 4.79 Å². The third-order valence-electron chi connectivity index (χ3n) is 5.16. The standard InChI is InChI=1S/C22H28N4O3/c1-14(2)11-26-15(3)8-17(16(26)4)9-18(10-23)21(28)29-12-20(27)25-22(5,13-24)19-6-7-19/h8-9,14,19H,6-7,11-12H2,1-5H3,(H,25,27)/b18-9+/t22-/m1/s1. The quantitative estimate of drug-likeness (QED) is 0.413. The Bertz CT molecular complexity index is 910. The number of nitriles is 2. The maximum atomic E-state index is 12.3. The van der Waals surface area contributed by atoms with Gasteiger partial charge >= 0.3 is 5.97 Å². The van der Waals surface area contributed by atoms with Crippen LogP contribution in [0.2, 0.25) is 0 Å². The minimum atomic E-state index is -0.953. The fourth-order valence-corrected chi connectivity index (χ4v) is 3.33. The summed E-state index contributed by atoms with van der Waals surface area (Å²) in [6.45, 7) is 10.1. The Morgan fingerprint density at radius 2 is 2.03 bits per heavy atom. The summed E-state index contributed by atoms with van der Waals surface area (Å²) in [5.41, 5.74) is 1.65. The van der Waals surface area contributed by atoms with E-state index in [9.17, 15) is 20.1 Å². The zero-order valence-corrected chi connectivity index (χ0v) is 17.7. The van der Waals surface area contributed by atoms with Crippen LogP contribution in [0.1, 0.15) is 50.6 Å². The molecule has 1 fully saturated rings. The van der Waals surface area contributed by atoms with Crippen LogP contribution in [0.4, 0.5) is 0 Å². The van der Waals surface area contributed by atoms with E-state index in [2.05, 4.69) is 29.8 Å². The average Bonchev–Trinajstić information content (AvgIpc) is 3.48. The average molecular weight is 396 g/mol. The van der Waals surface area contributed by atoms with Crippen LogP contribution in [-0.4, -0.2) is 28.6 Å². The van der Waals surface area contributed by atoms with E-state index in [0.717, 1.165) is 36.3 Å². The van der Waals surface area contributed by atoms with E-state index < -0.39 is 24.0 Å². The molecule has 0 unspecified atom stereocenters. The van der Waals surface area contributed by atoms with Crippen LogP contribution in [0.15, 0.2) is 11.6 Å². The highest BCUT2D eigenvalue weighted by Crippen LogP contribution is 2.39. The molecule has 7 heteroatoms. The molecular weight excluding hydrogens is 368 g/mol. The number of carbonyl (C=O) groups excluding carboxylic acids is 2. The Kier molecular flexibility index (Phi) is 6.87. The van der Waals surface area contributed by atoms with Gasteiger partial charge < -0.3 is 14.6 Å². The van der Waals surface area contributed by atoms with E-state index in [1.807, 2.05) is 26.0 Å². The lowest BCUT2D eigenvalue weighted by Gasteiger charge is -2.22. The number of hydrogen-bond donors (Lipinski definition) is 1. The van der Waals surface area contributed by atoms with E-state index in [0.29, 0.717) is 5.92 Å². The summed E-state index contributed by atoms with van der Waals surface area (Å²) in [6, 6.07) is 5.89. The molecule has 0 radical (unpaired) electrons. The van der Waals surface area contributed by atoms with Crippen LogP contribution >= 0.6 is 0 Å². The second-order valence-electron chi connectivity index (χ2n) is 8.21. The fourth-order valence-electron chi connectivity index (χ4n) is 3.33. The molecule has 1 aromatic rings. The van der Waals surface area contributed by atoms with Gasteiger partial charge in [0.1, 0.15) is 17.2 Å². The first-order chi connectivity index (χ1) is 13.6. The summed E-state index contributed by atoms with van der Waals surface area (Å²) in [4.78, 5) is 24.4. The summed E-state index contributed by atoms with van der Waals surface area (Å²) >= 11 is 0. The summed E-state index contributed by atoms with van der Waals surface area (Å²) in [6.07, 6.45) is 3.27. The van der Waals surface area contributed by atoms with Gasteiger partial charge in [-0.2, -0.15) is 10.5 Å². The van der Waals surface area contributed by atoms with Gasteiger partial charge in [0.2, 0.25) is 0 Å². The van der Waals surface area contributed by atoms with Gasteiger partial charge in [0.15, 0.2) is 6.61 Å². The number of rotatable bonds is 8. The SMILES string of the molecule is Cc1cc(/C=C(\C#N)C(=O)OCC(=O)N[C@](C)(C#N)C2CC2)c(C)n1CC(C)C. The normalized spacial score (nSPS) is 15.9. The number of carbonyl (C=O) groups is 2. The molecule has 1 N–H and O–H groups in total. The van der Waals surface area contributed by atoms with E-state index in [1.54, 1.807) is 6.92 Å². The molecule has 1 aromatic heterocycles. The van der Waals surface area contributed by atoms with Gasteiger partial charge in [0, 0.05) is 17.9 Å². The molecule has 0 saturated heterocycles. The minimum absolute atomic E-state index is 0.128. The lowest BCUT2D eigenvalue weighted by molar-refractivity contribution is -0.144. The van der Waals surface area contributed by atoms with Gasteiger partial charge in [-0.3, -0.25) is 4.79 Å². The Balaban J connectivity index is 2.05. The summed E-state index contributed by atoms with van der Waals surface area (Å²) < 4.78 is 7.15. The highest BCUT2D eigenvalue weighted by atomic mass is 16.5. The second-order valence-corrected chi connectivity index (χ2v) is 8.21. The molecule has 7 nitrogen and oxygen atoms in total. The van der Waals surface area contributed by atoms with Gasteiger partial charge in [-0.1, -0.05) is 13.8 Å². The van der Waals surface area contributed by atoms with Crippen molar-refractivity contribution >= 4 is 18.0 Å². The van der Waals surface area contributed by atoms with Crippen LogP contribution < -0.4 is 5.32 Å². The van der Waals surface area contributed by atoms with Crippen molar-refractivity contribution in [3.05, 3.63) is 28.6 Å². The molecule has 0 spiro atoms. The van der Waals surface area contributed by atoms with Crippen molar-refractivity contribution in [1.29, 1.82) is 10.5 Å². The number of nitrogens with zero attached hydrogens (tertiary/aromatic N) is 3. The van der Waals surface area contributed by atoms with E-state index >= 15 is 0 Å². The van der Waals surface area contributed by atoms with Crippen LogP contribution in [0.25, 0.3) is 6.08 Å². The van der Waals surface area contributed by atoms with Crippen LogP contribution in [-0.2, 0) is 20.9 Å². The van der Waals surface area contributed by atoms with Crippen molar-refractivity contribution in [3.63, 3.8) is 0 Å². The number of nitrogens with one attached hydrogen (secondary N) is 1. The molecule has 2 rings (SSSR count). The van der Waals surface area contributed by atoms with Crippen molar-refractivity contribution in [3.8, 4) is 12.1 Å². The first-order valence-corrected chi connectivity index (χ1v) is 9.79. The minimum Gasteiger partial charge on any atom is -0.451 e. The summed E-state index contributed by atoms with van der Waals surface area (Å²) in [5, 5.41) is 21.3. The van der Waals surface area contributed by atoms with E-state index in [-0.39, 0.29) is 11.5 Å². The van der Waals surface area contributed by atoms with E-state index in [4.69, 9.17) is 4.74 Å². The van der Waals surface area contributed by atoms with Crippen molar-refractivity contribution in [2.45, 2.75) is 59.5 Å². The van der Waals surface area contributed by atoms with Crippen LogP contribution in [0.5, 0.6) is 0 Å². The largest absolute Gasteiger partial charge is 0.451 e. The van der Waals surface area contributed by atoms with Gasteiger partial charge in [-0.15, -0.1) is 0 Å². The molecule has 0 aromatic carbocycles. The smallest absolute Gasteiger partial charge is 0.349 e. The number of amides is 1. The highest BCUT2D eigenvalue weighted by Gasteiger charge is 2.43. The van der Waals surface area contributed by atoms with Crippen molar-refractivity contribution < 1.29 is 14.3 Å². The topological polar surface area (TPSA) is 108 Å². The molecule has 0 bridgehead atoms. The molecule has 1 amide bonds. The maximum Gasteiger partial charge on any atom is 0.349 e. The first-order valence-electron chi connectivity index (χ1n) is 9.79. The summed E-state index contributed by atoms with van der Waals surface area (Å²) in [7, 11) is 0. The number of aromatic nitrogens is 1. The number of ether oxygens (including phenoxy) is 1. The maximum absolute atomic E-state index is 12.3. The fraction of sp³-hybridized carbons (Fsp3) is 0.545. The molecular formula is C22H28N4O3. The molecule has 1 aliphatic rings. The Hall–Kier alpha value is -3.06. The molecule has 154 valence electrons. The number of hydrogen-bond acceptors (Lipinski definition) is 5. The highest BCUT2D eigenvalue weighted by molar-refractivity contribution is 5.99. The molecule has 29 heavy (non-hydrogen) atoms. The predicted molar refractivity (Wildman–Crippen MR) is 108 cm³/mol. The van der Waals surface area contributed by atoms with Crippen LogP contribution in [0, 0.1) is 48.3 Å². The Labute approximate surface area is 171 Å². The van der Waals surface area contributed by atoms with Gasteiger partial charge in [0.25, 0.3) is 5.91 Å².